The zero-order chi connectivity index (χ0) is 12.7. The van der Waals surface area contributed by atoms with E-state index >= 15 is 0 Å². The number of carboxylic acids is 1. The van der Waals surface area contributed by atoms with Gasteiger partial charge in [0.15, 0.2) is 0 Å². The summed E-state index contributed by atoms with van der Waals surface area (Å²) in [5, 5.41) is 11.3. The Bertz CT molecular complexity index is 264. The molecule has 2 atom stereocenters. The van der Waals surface area contributed by atoms with Crippen molar-refractivity contribution in [3.8, 4) is 0 Å². The third-order valence-corrected chi connectivity index (χ3v) is 2.78. The lowest BCUT2D eigenvalue weighted by atomic mass is 10.1. The van der Waals surface area contributed by atoms with Gasteiger partial charge in [0.25, 0.3) is 0 Å². The van der Waals surface area contributed by atoms with Crippen molar-refractivity contribution < 1.29 is 19.4 Å². The number of carbonyl (C=O) groups excluding carboxylic acids is 1. The highest BCUT2D eigenvalue weighted by molar-refractivity contribution is 5.80. The molecule has 0 aromatic rings. The molecule has 0 aromatic carbocycles. The van der Waals surface area contributed by atoms with E-state index < -0.39 is 12.0 Å². The second kappa shape index (κ2) is 7.24. The predicted octanol–water partition coefficient (Wildman–Crippen LogP) is -0.136. The molecule has 0 saturated carbocycles. The molecule has 1 amide bonds. The van der Waals surface area contributed by atoms with Crippen LogP contribution in [0.3, 0.4) is 0 Å². The van der Waals surface area contributed by atoms with E-state index in [0.717, 1.165) is 19.3 Å². The Balaban J connectivity index is 2.00. The number of aliphatic carboxylic acids is 1. The summed E-state index contributed by atoms with van der Waals surface area (Å²) in [6.07, 6.45) is 3.29. The summed E-state index contributed by atoms with van der Waals surface area (Å²) >= 11 is 0. The number of hydrogen-bond donors (Lipinski definition) is 3. The Kier molecular flexibility index (Phi) is 5.93. The molecule has 98 valence electrons. The number of ether oxygens (including phenoxy) is 1. The van der Waals surface area contributed by atoms with Crippen LogP contribution in [0.25, 0.3) is 0 Å². The molecule has 0 radical (unpaired) electrons. The van der Waals surface area contributed by atoms with Crippen LogP contribution in [0.1, 0.15) is 32.1 Å². The van der Waals surface area contributed by atoms with Gasteiger partial charge in [-0.15, -0.1) is 0 Å². The maximum Gasteiger partial charge on any atom is 0.320 e. The summed E-state index contributed by atoms with van der Waals surface area (Å²) in [5.74, 6) is -1.04. The van der Waals surface area contributed by atoms with E-state index in [-0.39, 0.29) is 12.0 Å². The predicted molar refractivity (Wildman–Crippen MR) is 61.4 cm³/mol. The number of nitrogens with two attached hydrogens (primary N) is 1. The summed E-state index contributed by atoms with van der Waals surface area (Å²) < 4.78 is 5.23. The van der Waals surface area contributed by atoms with Crippen molar-refractivity contribution in [3.63, 3.8) is 0 Å². The fourth-order valence-corrected chi connectivity index (χ4v) is 1.72. The first-order valence-corrected chi connectivity index (χ1v) is 5.99. The molecule has 4 N–H and O–H groups in total. The van der Waals surface area contributed by atoms with Crippen LogP contribution in [0.5, 0.6) is 0 Å². The van der Waals surface area contributed by atoms with E-state index in [1.165, 1.54) is 0 Å². The minimum Gasteiger partial charge on any atom is -0.480 e. The number of rotatable bonds is 7. The van der Waals surface area contributed by atoms with Crippen molar-refractivity contribution in [2.24, 2.45) is 5.73 Å². The lowest BCUT2D eigenvalue weighted by molar-refractivity contribution is -0.138. The molecule has 0 bridgehead atoms. The van der Waals surface area contributed by atoms with Gasteiger partial charge in [-0.2, -0.15) is 0 Å². The third kappa shape index (κ3) is 5.14. The van der Waals surface area contributed by atoms with E-state index in [0.29, 0.717) is 26.0 Å². The van der Waals surface area contributed by atoms with Crippen LogP contribution in [0.15, 0.2) is 0 Å². The fourth-order valence-electron chi connectivity index (χ4n) is 1.72. The highest BCUT2D eigenvalue weighted by Gasteiger charge is 2.22. The molecule has 1 heterocycles. The molecule has 1 unspecified atom stereocenters. The minimum absolute atomic E-state index is 0.0648. The van der Waals surface area contributed by atoms with Gasteiger partial charge >= 0.3 is 5.97 Å². The Morgan fingerprint density at radius 1 is 1.47 bits per heavy atom. The van der Waals surface area contributed by atoms with Crippen molar-refractivity contribution in [1.82, 2.24) is 5.32 Å². The molecule has 1 fully saturated rings. The maximum absolute atomic E-state index is 11.5. The van der Waals surface area contributed by atoms with Gasteiger partial charge in [-0.05, 0) is 32.1 Å². The van der Waals surface area contributed by atoms with Crippen LogP contribution in [0.2, 0.25) is 0 Å². The van der Waals surface area contributed by atoms with E-state index in [4.69, 9.17) is 15.6 Å². The Hall–Kier alpha value is -1.14. The molecule has 0 aliphatic carbocycles. The van der Waals surface area contributed by atoms with E-state index in [1.807, 2.05) is 0 Å². The SMILES string of the molecule is N[C@@H](CCCCNC(=O)C1CCCO1)C(=O)O. The maximum atomic E-state index is 11.5. The van der Waals surface area contributed by atoms with Crippen molar-refractivity contribution in [3.05, 3.63) is 0 Å². The van der Waals surface area contributed by atoms with Crippen LogP contribution in [0, 0.1) is 0 Å². The Labute approximate surface area is 101 Å². The lowest BCUT2D eigenvalue weighted by Crippen LogP contribution is -2.35. The zero-order valence-corrected chi connectivity index (χ0v) is 9.85. The number of unbranched alkanes of at least 4 members (excludes halogenated alkanes) is 1. The molecule has 1 aliphatic rings. The van der Waals surface area contributed by atoms with Gasteiger partial charge in [-0.3, -0.25) is 9.59 Å². The van der Waals surface area contributed by atoms with Gasteiger partial charge in [0.1, 0.15) is 12.1 Å². The van der Waals surface area contributed by atoms with Crippen LogP contribution < -0.4 is 11.1 Å². The summed E-state index contributed by atoms with van der Waals surface area (Å²) in [6.45, 7) is 1.20. The van der Waals surface area contributed by atoms with Crippen LogP contribution in [0.4, 0.5) is 0 Å². The smallest absolute Gasteiger partial charge is 0.320 e. The zero-order valence-electron chi connectivity index (χ0n) is 9.85. The highest BCUT2D eigenvalue weighted by atomic mass is 16.5. The van der Waals surface area contributed by atoms with Gasteiger partial charge in [-0.1, -0.05) is 0 Å². The first kappa shape index (κ1) is 13.9. The normalized spacial score (nSPS) is 21.1. The molecule has 17 heavy (non-hydrogen) atoms. The van der Waals surface area contributed by atoms with Crippen molar-refractivity contribution in [2.75, 3.05) is 13.2 Å². The summed E-state index contributed by atoms with van der Waals surface area (Å²) in [5.41, 5.74) is 5.35. The van der Waals surface area contributed by atoms with Crippen LogP contribution in [-0.4, -0.2) is 42.3 Å². The first-order valence-electron chi connectivity index (χ1n) is 5.99. The van der Waals surface area contributed by atoms with Gasteiger partial charge < -0.3 is 20.9 Å². The van der Waals surface area contributed by atoms with Crippen molar-refractivity contribution in [1.29, 1.82) is 0 Å². The number of nitrogens with one attached hydrogen (secondary N) is 1. The Morgan fingerprint density at radius 2 is 2.24 bits per heavy atom. The number of carboxylic acid groups (broad SMARTS) is 1. The molecule has 1 aliphatic heterocycles. The Morgan fingerprint density at radius 3 is 2.82 bits per heavy atom. The average Bonchev–Trinajstić information content (AvgIpc) is 2.81. The summed E-state index contributed by atoms with van der Waals surface area (Å²) in [7, 11) is 0. The van der Waals surface area contributed by atoms with Gasteiger partial charge in [0.05, 0.1) is 0 Å². The molecule has 1 saturated heterocycles. The number of amides is 1. The van der Waals surface area contributed by atoms with Gasteiger partial charge in [0.2, 0.25) is 5.91 Å². The van der Waals surface area contributed by atoms with E-state index in [1.54, 1.807) is 0 Å². The monoisotopic (exact) mass is 244 g/mol. The quantitative estimate of drug-likeness (QED) is 0.541. The topological polar surface area (TPSA) is 102 Å². The minimum atomic E-state index is -0.978. The fraction of sp³-hybridized carbons (Fsp3) is 0.818. The second-order valence-electron chi connectivity index (χ2n) is 4.23. The average molecular weight is 244 g/mol. The van der Waals surface area contributed by atoms with Crippen molar-refractivity contribution in [2.45, 2.75) is 44.2 Å². The van der Waals surface area contributed by atoms with E-state index in [9.17, 15) is 9.59 Å². The third-order valence-electron chi connectivity index (χ3n) is 2.78. The molecular weight excluding hydrogens is 224 g/mol. The number of hydrogen-bond acceptors (Lipinski definition) is 4. The number of carbonyl (C=O) groups is 2. The molecular formula is C11H20N2O4. The molecule has 0 spiro atoms. The molecule has 1 rings (SSSR count). The second-order valence-corrected chi connectivity index (χ2v) is 4.23. The van der Waals surface area contributed by atoms with Gasteiger partial charge in [0, 0.05) is 13.2 Å². The summed E-state index contributed by atoms with van der Waals surface area (Å²) in [6, 6.07) is -0.802. The van der Waals surface area contributed by atoms with Crippen LogP contribution >= 0.6 is 0 Å². The largest absolute Gasteiger partial charge is 0.480 e. The molecule has 6 heteroatoms. The van der Waals surface area contributed by atoms with Gasteiger partial charge in [-0.25, -0.2) is 0 Å². The molecule has 6 nitrogen and oxygen atoms in total. The van der Waals surface area contributed by atoms with E-state index in [2.05, 4.69) is 5.32 Å². The first-order chi connectivity index (χ1) is 8.11. The summed E-state index contributed by atoms with van der Waals surface area (Å²) in [4.78, 5) is 21.9. The highest BCUT2D eigenvalue weighted by Crippen LogP contribution is 2.11. The standard InChI is InChI=1S/C11H20N2O4/c12-8(11(15)16)4-1-2-6-13-10(14)9-5-3-7-17-9/h8-9H,1-7,12H2,(H,13,14)(H,15,16)/t8-,9?/m0/s1. The molecule has 0 aromatic heterocycles. The lowest BCUT2D eigenvalue weighted by Gasteiger charge is -2.10. The van der Waals surface area contributed by atoms with Crippen molar-refractivity contribution >= 4 is 11.9 Å². The van der Waals surface area contributed by atoms with Crippen LogP contribution in [-0.2, 0) is 14.3 Å².